The summed E-state index contributed by atoms with van der Waals surface area (Å²) in [5.74, 6) is 1.15. The lowest BCUT2D eigenvalue weighted by molar-refractivity contribution is 0.475. The second kappa shape index (κ2) is 7.26. The minimum absolute atomic E-state index is 0.188. The number of halogens is 1. The van der Waals surface area contributed by atoms with Crippen molar-refractivity contribution in [3.05, 3.63) is 65.6 Å². The highest BCUT2D eigenvalue weighted by atomic mass is 19.1. The molecular formula is C21H20FN5O. The number of anilines is 1. The molecule has 0 unspecified atom stereocenters. The Morgan fingerprint density at radius 1 is 1.04 bits per heavy atom. The molecule has 0 saturated carbocycles. The van der Waals surface area contributed by atoms with Crippen LogP contribution in [0.3, 0.4) is 0 Å². The molecule has 0 atom stereocenters. The average Bonchev–Trinajstić information content (AvgIpc) is 3.04. The summed E-state index contributed by atoms with van der Waals surface area (Å²) in [5, 5.41) is 18.4. The molecule has 2 N–H and O–H groups in total. The summed E-state index contributed by atoms with van der Waals surface area (Å²) in [7, 11) is 1.86. The van der Waals surface area contributed by atoms with Gasteiger partial charge in [-0.2, -0.15) is 5.10 Å². The SMILES string of the molecule is CCc1nn(C)c2nc(-c3ccc(O)cc3)nc(NCc3ccc(F)cc3)c12. The number of aryl methyl sites for hydroxylation is 2. The number of aromatic hydroxyl groups is 1. The summed E-state index contributed by atoms with van der Waals surface area (Å²) in [5.41, 5.74) is 3.39. The van der Waals surface area contributed by atoms with E-state index in [4.69, 9.17) is 4.98 Å². The molecule has 0 aliphatic rings. The van der Waals surface area contributed by atoms with Gasteiger partial charge in [-0.05, 0) is 48.4 Å². The maximum absolute atomic E-state index is 13.2. The quantitative estimate of drug-likeness (QED) is 0.549. The van der Waals surface area contributed by atoms with Crippen LogP contribution in [0.4, 0.5) is 10.2 Å². The fraction of sp³-hybridized carbons (Fsp3) is 0.190. The van der Waals surface area contributed by atoms with Crippen molar-refractivity contribution in [2.75, 3.05) is 5.32 Å². The molecule has 0 bridgehead atoms. The van der Waals surface area contributed by atoms with Crippen molar-refractivity contribution in [3.63, 3.8) is 0 Å². The van der Waals surface area contributed by atoms with E-state index in [9.17, 15) is 9.50 Å². The van der Waals surface area contributed by atoms with E-state index in [1.807, 2.05) is 14.0 Å². The van der Waals surface area contributed by atoms with Crippen LogP contribution in [-0.4, -0.2) is 24.9 Å². The highest BCUT2D eigenvalue weighted by Crippen LogP contribution is 2.29. The normalized spacial score (nSPS) is 11.1. The molecule has 142 valence electrons. The molecule has 2 aromatic carbocycles. The van der Waals surface area contributed by atoms with Gasteiger partial charge in [0.25, 0.3) is 0 Å². The van der Waals surface area contributed by atoms with Gasteiger partial charge in [-0.3, -0.25) is 0 Å². The third-order valence-corrected chi connectivity index (χ3v) is 4.59. The number of phenolic OH excluding ortho intramolecular Hbond substituents is 1. The van der Waals surface area contributed by atoms with Crippen molar-refractivity contribution < 1.29 is 9.50 Å². The van der Waals surface area contributed by atoms with Crippen molar-refractivity contribution in [2.45, 2.75) is 19.9 Å². The van der Waals surface area contributed by atoms with Gasteiger partial charge < -0.3 is 10.4 Å². The molecule has 0 fully saturated rings. The summed E-state index contributed by atoms with van der Waals surface area (Å²) >= 11 is 0. The highest BCUT2D eigenvalue weighted by Gasteiger charge is 2.17. The first-order valence-corrected chi connectivity index (χ1v) is 9.06. The molecule has 4 rings (SSSR count). The van der Waals surface area contributed by atoms with E-state index in [-0.39, 0.29) is 11.6 Å². The number of hydrogen-bond acceptors (Lipinski definition) is 5. The van der Waals surface area contributed by atoms with Gasteiger partial charge >= 0.3 is 0 Å². The first-order chi connectivity index (χ1) is 13.5. The Hall–Kier alpha value is -3.48. The third-order valence-electron chi connectivity index (χ3n) is 4.59. The van der Waals surface area contributed by atoms with E-state index >= 15 is 0 Å². The Morgan fingerprint density at radius 3 is 2.43 bits per heavy atom. The van der Waals surface area contributed by atoms with Gasteiger partial charge in [0.1, 0.15) is 17.4 Å². The molecule has 0 saturated heterocycles. The molecule has 2 aromatic heterocycles. The lowest BCUT2D eigenvalue weighted by atomic mass is 10.1. The zero-order valence-electron chi connectivity index (χ0n) is 15.6. The minimum Gasteiger partial charge on any atom is -0.508 e. The van der Waals surface area contributed by atoms with Gasteiger partial charge in [-0.1, -0.05) is 19.1 Å². The van der Waals surface area contributed by atoms with Crippen LogP contribution in [0.25, 0.3) is 22.4 Å². The second-order valence-electron chi connectivity index (χ2n) is 6.55. The predicted molar refractivity (Wildman–Crippen MR) is 107 cm³/mol. The first kappa shape index (κ1) is 17.9. The Bertz CT molecular complexity index is 1120. The first-order valence-electron chi connectivity index (χ1n) is 9.06. The Balaban J connectivity index is 1.79. The largest absolute Gasteiger partial charge is 0.508 e. The van der Waals surface area contributed by atoms with Crippen LogP contribution in [0.5, 0.6) is 5.75 Å². The Kier molecular flexibility index (Phi) is 4.65. The smallest absolute Gasteiger partial charge is 0.164 e. The van der Waals surface area contributed by atoms with Gasteiger partial charge in [-0.25, -0.2) is 19.0 Å². The zero-order valence-corrected chi connectivity index (χ0v) is 15.6. The molecule has 28 heavy (non-hydrogen) atoms. The highest BCUT2D eigenvalue weighted by molar-refractivity contribution is 5.91. The Morgan fingerprint density at radius 2 is 1.75 bits per heavy atom. The molecular weight excluding hydrogens is 357 g/mol. The number of phenols is 1. The van der Waals surface area contributed by atoms with Crippen LogP contribution in [0.15, 0.2) is 48.5 Å². The van der Waals surface area contributed by atoms with E-state index in [2.05, 4.69) is 15.4 Å². The lowest BCUT2D eigenvalue weighted by Crippen LogP contribution is -2.05. The summed E-state index contributed by atoms with van der Waals surface area (Å²) < 4.78 is 14.9. The summed E-state index contributed by atoms with van der Waals surface area (Å²) in [6.45, 7) is 2.54. The van der Waals surface area contributed by atoms with E-state index in [0.29, 0.717) is 18.2 Å². The number of benzene rings is 2. The van der Waals surface area contributed by atoms with Crippen LogP contribution in [0.2, 0.25) is 0 Å². The third kappa shape index (κ3) is 3.38. The summed E-state index contributed by atoms with van der Waals surface area (Å²) in [6, 6.07) is 13.1. The van der Waals surface area contributed by atoms with Crippen LogP contribution in [0, 0.1) is 5.82 Å². The van der Waals surface area contributed by atoms with Crippen molar-refractivity contribution in [1.29, 1.82) is 0 Å². The standard InChI is InChI=1S/C21H20FN5O/c1-3-17-18-20(23-12-13-4-8-15(22)9-5-13)24-19(25-21(18)27(2)26-17)14-6-10-16(28)11-7-14/h4-11,28H,3,12H2,1-2H3,(H,23,24,25). The second-order valence-corrected chi connectivity index (χ2v) is 6.55. The number of nitrogens with zero attached hydrogens (tertiary/aromatic N) is 4. The van der Waals surface area contributed by atoms with E-state index in [1.165, 1.54) is 12.1 Å². The molecule has 0 spiro atoms. The molecule has 4 aromatic rings. The maximum Gasteiger partial charge on any atom is 0.164 e. The predicted octanol–water partition coefficient (Wildman–Crippen LogP) is 4.05. The summed E-state index contributed by atoms with van der Waals surface area (Å²) in [4.78, 5) is 9.41. The fourth-order valence-corrected chi connectivity index (χ4v) is 3.13. The van der Waals surface area contributed by atoms with E-state index in [0.717, 1.165) is 34.3 Å². The average molecular weight is 377 g/mol. The van der Waals surface area contributed by atoms with Crippen LogP contribution in [-0.2, 0) is 20.0 Å². The summed E-state index contributed by atoms with van der Waals surface area (Å²) in [6.07, 6.45) is 0.754. The molecule has 6 nitrogen and oxygen atoms in total. The molecule has 2 heterocycles. The number of nitrogens with one attached hydrogen (secondary N) is 1. The topological polar surface area (TPSA) is 75.9 Å². The van der Waals surface area contributed by atoms with Gasteiger partial charge in [0.15, 0.2) is 11.5 Å². The Labute approximate surface area is 161 Å². The van der Waals surface area contributed by atoms with Crippen LogP contribution >= 0.6 is 0 Å². The number of hydrogen-bond donors (Lipinski definition) is 2. The van der Waals surface area contributed by atoms with Crippen molar-refractivity contribution in [2.24, 2.45) is 7.05 Å². The number of aromatic nitrogens is 4. The van der Waals surface area contributed by atoms with E-state index in [1.54, 1.807) is 41.1 Å². The van der Waals surface area contributed by atoms with E-state index < -0.39 is 0 Å². The molecule has 0 radical (unpaired) electrons. The van der Waals surface area contributed by atoms with Crippen molar-refractivity contribution >= 4 is 16.9 Å². The molecule has 7 heteroatoms. The van der Waals surface area contributed by atoms with Gasteiger partial charge in [-0.15, -0.1) is 0 Å². The maximum atomic E-state index is 13.2. The molecule has 0 aliphatic carbocycles. The number of rotatable bonds is 5. The molecule has 0 aliphatic heterocycles. The lowest BCUT2D eigenvalue weighted by Gasteiger charge is -2.10. The minimum atomic E-state index is -0.261. The zero-order chi connectivity index (χ0) is 19.7. The van der Waals surface area contributed by atoms with Gasteiger partial charge in [0.2, 0.25) is 0 Å². The number of fused-ring (bicyclic) bond motifs is 1. The van der Waals surface area contributed by atoms with Crippen LogP contribution in [0.1, 0.15) is 18.2 Å². The molecule has 0 amide bonds. The monoisotopic (exact) mass is 377 g/mol. The van der Waals surface area contributed by atoms with Crippen molar-refractivity contribution in [1.82, 2.24) is 19.7 Å². The van der Waals surface area contributed by atoms with Crippen LogP contribution < -0.4 is 5.32 Å². The van der Waals surface area contributed by atoms with Crippen molar-refractivity contribution in [3.8, 4) is 17.1 Å². The van der Waals surface area contributed by atoms with Gasteiger partial charge in [0, 0.05) is 19.2 Å². The fourth-order valence-electron chi connectivity index (χ4n) is 3.13. The van der Waals surface area contributed by atoms with Gasteiger partial charge in [0.05, 0.1) is 11.1 Å².